The topological polar surface area (TPSA) is 81.6 Å². The summed E-state index contributed by atoms with van der Waals surface area (Å²) >= 11 is 0. The third-order valence-corrected chi connectivity index (χ3v) is 6.42. The summed E-state index contributed by atoms with van der Waals surface area (Å²) in [6, 6.07) is 15.8. The van der Waals surface area contributed by atoms with E-state index in [0.29, 0.717) is 33.5 Å². The van der Waals surface area contributed by atoms with Crippen molar-refractivity contribution in [3.63, 3.8) is 0 Å². The molecule has 0 radical (unpaired) electrons. The molecule has 0 bridgehead atoms. The number of halogens is 3. The molecule has 166 valence electrons. The first-order valence-electron chi connectivity index (χ1n) is 10.2. The van der Waals surface area contributed by atoms with Crippen LogP contribution in [0.25, 0.3) is 11.0 Å². The van der Waals surface area contributed by atoms with Gasteiger partial charge in [0.05, 0.1) is 17.5 Å². The number of benzene rings is 3. The summed E-state index contributed by atoms with van der Waals surface area (Å²) in [5.41, 5.74) is 6.22. The Bertz CT molecular complexity index is 1450. The second kappa shape index (κ2) is 6.50. The number of para-hydroxylation sites is 1. The lowest BCUT2D eigenvalue weighted by atomic mass is 9.77. The minimum atomic E-state index is -4.53. The van der Waals surface area contributed by atoms with Crippen LogP contribution in [0.1, 0.15) is 22.3 Å². The molecule has 1 spiro atoms. The summed E-state index contributed by atoms with van der Waals surface area (Å²) in [7, 11) is 0. The van der Waals surface area contributed by atoms with Crippen LogP contribution in [0.2, 0.25) is 0 Å². The van der Waals surface area contributed by atoms with Crippen molar-refractivity contribution < 1.29 is 27.2 Å². The summed E-state index contributed by atoms with van der Waals surface area (Å²) in [4.78, 5) is 15.4. The molecule has 1 aromatic heterocycles. The van der Waals surface area contributed by atoms with E-state index in [9.17, 15) is 18.0 Å². The molecule has 2 aliphatic rings. The molecule has 4 aromatic rings. The quantitative estimate of drug-likeness (QED) is 0.480. The number of anilines is 2. The van der Waals surface area contributed by atoms with Gasteiger partial charge in [0, 0.05) is 17.3 Å². The zero-order valence-corrected chi connectivity index (χ0v) is 17.0. The van der Waals surface area contributed by atoms with Crippen LogP contribution in [0.4, 0.5) is 24.7 Å². The standard InChI is InChI=1S/C24H16F3N3O3/c25-24(26,27)15-6-2-1-5-13(15)11-30-18-8-4-3-7-16(18)23(22(30)31)12-32-20-10-19-14(9-17(20)23)21(28)29-33-19/h1-10H,11-12H2,(H2,28,29). The fourth-order valence-corrected chi connectivity index (χ4v) is 4.89. The SMILES string of the molecule is Nc1noc2cc3c(cc12)C1(CO3)C(=O)N(Cc2ccccc2C(F)(F)F)c2ccccc21. The Morgan fingerprint density at radius 3 is 2.64 bits per heavy atom. The molecule has 3 heterocycles. The Balaban J connectivity index is 1.52. The van der Waals surface area contributed by atoms with Gasteiger partial charge in [-0.25, -0.2) is 0 Å². The van der Waals surface area contributed by atoms with Gasteiger partial charge >= 0.3 is 6.18 Å². The van der Waals surface area contributed by atoms with Crippen molar-refractivity contribution in [3.05, 3.63) is 82.9 Å². The summed E-state index contributed by atoms with van der Waals surface area (Å²) in [6.45, 7) is -0.199. The monoisotopic (exact) mass is 451 g/mol. The molecule has 33 heavy (non-hydrogen) atoms. The predicted octanol–water partition coefficient (Wildman–Crippen LogP) is 4.65. The predicted molar refractivity (Wildman–Crippen MR) is 114 cm³/mol. The van der Waals surface area contributed by atoms with Crippen LogP contribution < -0.4 is 15.4 Å². The van der Waals surface area contributed by atoms with Gasteiger partial charge in [-0.15, -0.1) is 0 Å². The van der Waals surface area contributed by atoms with E-state index in [1.54, 1.807) is 30.3 Å². The van der Waals surface area contributed by atoms with Crippen molar-refractivity contribution in [2.75, 3.05) is 17.2 Å². The lowest BCUT2D eigenvalue weighted by molar-refractivity contribution is -0.138. The number of hydrogen-bond acceptors (Lipinski definition) is 5. The molecule has 1 unspecified atom stereocenters. The maximum Gasteiger partial charge on any atom is 0.416 e. The van der Waals surface area contributed by atoms with E-state index in [2.05, 4.69) is 5.16 Å². The van der Waals surface area contributed by atoms with Gasteiger partial charge in [-0.1, -0.05) is 41.6 Å². The Morgan fingerprint density at radius 2 is 1.82 bits per heavy atom. The number of fused-ring (bicyclic) bond motifs is 5. The molecular formula is C24H16F3N3O3. The molecule has 6 nitrogen and oxygen atoms in total. The van der Waals surface area contributed by atoms with E-state index in [0.717, 1.165) is 6.07 Å². The molecular weight excluding hydrogens is 435 g/mol. The average molecular weight is 451 g/mol. The number of rotatable bonds is 2. The van der Waals surface area contributed by atoms with Gasteiger partial charge in [0.15, 0.2) is 11.4 Å². The third-order valence-electron chi connectivity index (χ3n) is 6.42. The first-order valence-corrected chi connectivity index (χ1v) is 10.2. The van der Waals surface area contributed by atoms with Crippen LogP contribution in [0.3, 0.4) is 0 Å². The first kappa shape index (κ1) is 19.7. The van der Waals surface area contributed by atoms with Crippen LogP contribution in [0.5, 0.6) is 5.75 Å². The van der Waals surface area contributed by atoms with Crippen LogP contribution in [-0.2, 0) is 22.9 Å². The molecule has 0 aliphatic carbocycles. The summed E-state index contributed by atoms with van der Waals surface area (Å²) in [5, 5.41) is 4.31. The molecule has 1 atom stereocenters. The minimum absolute atomic E-state index is 0.0167. The summed E-state index contributed by atoms with van der Waals surface area (Å²) in [6.07, 6.45) is -4.53. The zero-order valence-electron chi connectivity index (χ0n) is 17.0. The van der Waals surface area contributed by atoms with Gasteiger partial charge in [-0.2, -0.15) is 13.2 Å². The number of nitrogen functional groups attached to an aromatic ring is 1. The van der Waals surface area contributed by atoms with Crippen LogP contribution >= 0.6 is 0 Å². The number of amides is 1. The maximum absolute atomic E-state index is 14.0. The van der Waals surface area contributed by atoms with Crippen molar-refractivity contribution >= 4 is 28.4 Å². The lowest BCUT2D eigenvalue weighted by Crippen LogP contribution is -2.42. The molecule has 0 saturated carbocycles. The van der Waals surface area contributed by atoms with Crippen molar-refractivity contribution in [3.8, 4) is 5.75 Å². The van der Waals surface area contributed by atoms with Gasteiger partial charge < -0.3 is 19.9 Å². The maximum atomic E-state index is 14.0. The van der Waals surface area contributed by atoms with Gasteiger partial charge in [0.25, 0.3) is 0 Å². The van der Waals surface area contributed by atoms with Gasteiger partial charge in [-0.3, -0.25) is 4.79 Å². The summed E-state index contributed by atoms with van der Waals surface area (Å²) < 4.78 is 51.9. The average Bonchev–Trinajstić information content (AvgIpc) is 3.43. The van der Waals surface area contributed by atoms with Crippen LogP contribution in [0, 0.1) is 0 Å². The van der Waals surface area contributed by atoms with E-state index in [1.807, 2.05) is 6.07 Å². The van der Waals surface area contributed by atoms with Crippen LogP contribution in [-0.4, -0.2) is 17.7 Å². The number of alkyl halides is 3. The normalized spacial score (nSPS) is 19.2. The lowest BCUT2D eigenvalue weighted by Gasteiger charge is -2.24. The van der Waals surface area contributed by atoms with E-state index < -0.39 is 17.2 Å². The number of ether oxygens (including phenoxy) is 1. The Labute approximate surface area is 185 Å². The highest BCUT2D eigenvalue weighted by molar-refractivity contribution is 6.12. The number of carbonyl (C=O) groups excluding carboxylic acids is 1. The highest BCUT2D eigenvalue weighted by atomic mass is 19.4. The first-order chi connectivity index (χ1) is 15.8. The smallest absolute Gasteiger partial charge is 0.416 e. The minimum Gasteiger partial charge on any atom is -0.491 e. The van der Waals surface area contributed by atoms with Crippen LogP contribution in [0.15, 0.2) is 65.2 Å². The van der Waals surface area contributed by atoms with Gasteiger partial charge in [-0.05, 0) is 29.3 Å². The third kappa shape index (κ3) is 2.62. The largest absolute Gasteiger partial charge is 0.491 e. The van der Waals surface area contributed by atoms with Crippen molar-refractivity contribution in [2.45, 2.75) is 18.1 Å². The number of nitrogens with zero attached hydrogens (tertiary/aromatic N) is 2. The molecule has 2 aliphatic heterocycles. The van der Waals surface area contributed by atoms with E-state index >= 15 is 0 Å². The zero-order chi connectivity index (χ0) is 23.0. The number of aromatic nitrogens is 1. The second-order valence-electron chi connectivity index (χ2n) is 8.17. The van der Waals surface area contributed by atoms with E-state index in [-0.39, 0.29) is 30.4 Å². The second-order valence-corrected chi connectivity index (χ2v) is 8.17. The Kier molecular flexibility index (Phi) is 3.87. The highest BCUT2D eigenvalue weighted by Gasteiger charge is 2.57. The fourth-order valence-electron chi connectivity index (χ4n) is 4.89. The van der Waals surface area contributed by atoms with Crippen molar-refractivity contribution in [1.82, 2.24) is 5.16 Å². The molecule has 9 heteroatoms. The van der Waals surface area contributed by atoms with Gasteiger partial charge in [0.1, 0.15) is 17.8 Å². The number of carbonyl (C=O) groups is 1. The molecule has 6 rings (SSSR count). The van der Waals surface area contributed by atoms with Gasteiger partial charge in [0.2, 0.25) is 5.91 Å². The molecule has 0 saturated heterocycles. The van der Waals surface area contributed by atoms with Crippen molar-refractivity contribution in [2.24, 2.45) is 0 Å². The van der Waals surface area contributed by atoms with Crippen molar-refractivity contribution in [1.29, 1.82) is 0 Å². The molecule has 3 aromatic carbocycles. The molecule has 2 N–H and O–H groups in total. The van der Waals surface area contributed by atoms with E-state index in [1.165, 1.54) is 23.1 Å². The molecule has 1 amide bonds. The number of nitrogens with two attached hydrogens (primary N) is 1. The fraction of sp³-hybridized carbons (Fsp3) is 0.167. The Morgan fingerprint density at radius 1 is 1.06 bits per heavy atom. The highest BCUT2D eigenvalue weighted by Crippen LogP contribution is 2.53. The number of hydrogen-bond donors (Lipinski definition) is 1. The van der Waals surface area contributed by atoms with E-state index in [4.69, 9.17) is 15.0 Å². The Hall–Kier alpha value is -4.01. The molecule has 0 fully saturated rings. The summed E-state index contributed by atoms with van der Waals surface area (Å²) in [5.74, 6) is 0.290.